The number of hydrogen-bond donors (Lipinski definition) is 2. The topological polar surface area (TPSA) is 52.6 Å². The summed E-state index contributed by atoms with van der Waals surface area (Å²) in [6.45, 7) is -0.0846. The number of urea groups is 1. The van der Waals surface area contributed by atoms with Gasteiger partial charge in [0.15, 0.2) is 0 Å². The van der Waals surface area contributed by atoms with Gasteiger partial charge in [0.2, 0.25) is 0 Å². The lowest BCUT2D eigenvalue weighted by Gasteiger charge is -2.21. The van der Waals surface area contributed by atoms with E-state index in [0.29, 0.717) is 0 Å². The molecule has 2 amide bonds. The van der Waals surface area contributed by atoms with Crippen LogP contribution in [0.1, 0.15) is 6.42 Å². The second-order valence-electron chi connectivity index (χ2n) is 2.88. The minimum Gasteiger partial charge on any atom is -0.394 e. The summed E-state index contributed by atoms with van der Waals surface area (Å²) in [5, 5.41) is 11.2. The zero-order valence-electron chi connectivity index (χ0n) is 6.96. The smallest absolute Gasteiger partial charge is 0.317 e. The number of carbonyl (C=O) groups is 1. The van der Waals surface area contributed by atoms with Gasteiger partial charge in [-0.2, -0.15) is 0 Å². The number of nitrogens with zero attached hydrogens (tertiary/aromatic N) is 1. The van der Waals surface area contributed by atoms with Crippen molar-refractivity contribution in [3.63, 3.8) is 0 Å². The predicted molar refractivity (Wildman–Crippen MR) is 41.5 cm³/mol. The maximum Gasteiger partial charge on any atom is 0.317 e. The molecule has 0 saturated carbocycles. The second-order valence-corrected chi connectivity index (χ2v) is 2.88. The van der Waals surface area contributed by atoms with Gasteiger partial charge in [-0.25, -0.2) is 9.18 Å². The summed E-state index contributed by atoms with van der Waals surface area (Å²) in [4.78, 5) is 12.4. The van der Waals surface area contributed by atoms with E-state index in [0.717, 1.165) is 0 Å². The van der Waals surface area contributed by atoms with Crippen molar-refractivity contribution in [1.82, 2.24) is 10.2 Å². The number of alkyl halides is 1. The third-order valence-electron chi connectivity index (χ3n) is 2.05. The van der Waals surface area contributed by atoms with Crippen LogP contribution in [0.4, 0.5) is 9.18 Å². The molecule has 4 nitrogen and oxygen atoms in total. The predicted octanol–water partition coefficient (Wildman–Crippen LogP) is -0.270. The van der Waals surface area contributed by atoms with Crippen molar-refractivity contribution in [3.05, 3.63) is 0 Å². The molecule has 1 fully saturated rings. The third kappa shape index (κ3) is 1.66. The van der Waals surface area contributed by atoms with Crippen LogP contribution in [0, 0.1) is 0 Å². The van der Waals surface area contributed by atoms with Gasteiger partial charge >= 0.3 is 6.03 Å². The van der Waals surface area contributed by atoms with E-state index in [1.807, 2.05) is 0 Å². The minimum absolute atomic E-state index is 0.0882. The maximum atomic E-state index is 12.8. The number of nitrogens with one attached hydrogen (secondary N) is 1. The number of carbonyl (C=O) groups excluding carboxylic acids is 1. The van der Waals surface area contributed by atoms with Gasteiger partial charge in [-0.1, -0.05) is 0 Å². The molecule has 2 atom stereocenters. The summed E-state index contributed by atoms with van der Waals surface area (Å²) in [5.74, 6) is 0. The van der Waals surface area contributed by atoms with Gasteiger partial charge in [0.25, 0.3) is 0 Å². The number of rotatable bonds is 1. The second kappa shape index (κ2) is 3.71. The summed E-state index contributed by atoms with van der Waals surface area (Å²) in [5.41, 5.74) is 0. The van der Waals surface area contributed by atoms with Crippen LogP contribution in [0.5, 0.6) is 0 Å². The van der Waals surface area contributed by atoms with Gasteiger partial charge in [-0.05, 0) is 0 Å². The minimum atomic E-state index is -1.00. The highest BCUT2D eigenvalue weighted by Gasteiger charge is 2.34. The first-order valence-electron chi connectivity index (χ1n) is 3.92. The van der Waals surface area contributed by atoms with E-state index in [1.165, 1.54) is 11.9 Å². The van der Waals surface area contributed by atoms with Gasteiger partial charge in [0.05, 0.1) is 19.2 Å². The largest absolute Gasteiger partial charge is 0.394 e. The fraction of sp³-hybridized carbons (Fsp3) is 0.857. The maximum absolute atomic E-state index is 12.8. The lowest BCUT2D eigenvalue weighted by Crippen LogP contribution is -2.42. The molecular weight excluding hydrogens is 163 g/mol. The fourth-order valence-corrected chi connectivity index (χ4v) is 1.42. The summed E-state index contributed by atoms with van der Waals surface area (Å²) in [7, 11) is 1.49. The molecule has 1 saturated heterocycles. The van der Waals surface area contributed by atoms with Crippen LogP contribution in [-0.4, -0.2) is 48.5 Å². The molecule has 1 rings (SSSR count). The summed E-state index contributed by atoms with van der Waals surface area (Å²) in [6.07, 6.45) is -0.761. The molecule has 0 radical (unpaired) electrons. The first-order chi connectivity index (χ1) is 5.69. The molecule has 0 aromatic rings. The van der Waals surface area contributed by atoms with Gasteiger partial charge < -0.3 is 15.3 Å². The molecule has 0 aromatic heterocycles. The van der Waals surface area contributed by atoms with Crippen molar-refractivity contribution in [2.24, 2.45) is 0 Å². The summed E-state index contributed by atoms with van der Waals surface area (Å²) >= 11 is 0. The van der Waals surface area contributed by atoms with Crippen LogP contribution in [0.15, 0.2) is 0 Å². The zero-order valence-corrected chi connectivity index (χ0v) is 6.96. The third-order valence-corrected chi connectivity index (χ3v) is 2.05. The summed E-state index contributed by atoms with van der Waals surface area (Å²) < 4.78 is 12.8. The van der Waals surface area contributed by atoms with Gasteiger partial charge in [-0.3, -0.25) is 0 Å². The molecule has 0 aliphatic carbocycles. The Bertz CT molecular complexity index is 177. The number of amides is 2. The Morgan fingerprint density at radius 3 is 3.00 bits per heavy atom. The quantitative estimate of drug-likeness (QED) is 0.578. The molecule has 12 heavy (non-hydrogen) atoms. The highest BCUT2D eigenvalue weighted by atomic mass is 19.1. The standard InChI is InChI=1S/C7H13FN2O2/c1-9-7(12)10-3-5(8)2-6(10)4-11/h5-6,11H,2-4H2,1H3,(H,9,12). The highest BCUT2D eigenvalue weighted by Crippen LogP contribution is 2.19. The number of hydrogen-bond acceptors (Lipinski definition) is 2. The molecule has 0 spiro atoms. The van der Waals surface area contributed by atoms with Crippen LogP contribution >= 0.6 is 0 Å². The molecule has 5 heteroatoms. The van der Waals surface area contributed by atoms with E-state index < -0.39 is 6.17 Å². The molecule has 1 aliphatic heterocycles. The van der Waals surface area contributed by atoms with E-state index >= 15 is 0 Å². The Hall–Kier alpha value is -0.840. The number of likely N-dealkylation sites (tertiary alicyclic amines) is 1. The molecule has 0 aromatic carbocycles. The Morgan fingerprint density at radius 1 is 1.83 bits per heavy atom. The zero-order chi connectivity index (χ0) is 9.14. The van der Waals surface area contributed by atoms with Crippen molar-refractivity contribution < 1.29 is 14.3 Å². The average Bonchev–Trinajstić information content (AvgIpc) is 2.45. The number of aliphatic hydroxyl groups excluding tert-OH is 1. The molecule has 70 valence electrons. The highest BCUT2D eigenvalue weighted by molar-refractivity contribution is 5.74. The van der Waals surface area contributed by atoms with E-state index in [1.54, 1.807) is 0 Å². The van der Waals surface area contributed by atoms with Crippen molar-refractivity contribution in [2.45, 2.75) is 18.6 Å². The first-order valence-corrected chi connectivity index (χ1v) is 3.92. The normalized spacial score (nSPS) is 29.1. The monoisotopic (exact) mass is 176 g/mol. The van der Waals surface area contributed by atoms with Crippen LogP contribution in [0.25, 0.3) is 0 Å². The van der Waals surface area contributed by atoms with Crippen LogP contribution < -0.4 is 5.32 Å². The van der Waals surface area contributed by atoms with Gasteiger partial charge in [0.1, 0.15) is 6.17 Å². The van der Waals surface area contributed by atoms with E-state index in [4.69, 9.17) is 5.11 Å². The van der Waals surface area contributed by atoms with Crippen LogP contribution in [0.2, 0.25) is 0 Å². The Labute approximate surface area is 70.4 Å². The van der Waals surface area contributed by atoms with Crippen molar-refractivity contribution in [1.29, 1.82) is 0 Å². The molecule has 1 heterocycles. The molecule has 2 N–H and O–H groups in total. The first kappa shape index (κ1) is 9.25. The molecule has 0 bridgehead atoms. The van der Waals surface area contributed by atoms with Gasteiger partial charge in [0, 0.05) is 13.5 Å². The molecule has 2 unspecified atom stereocenters. The Kier molecular flexibility index (Phi) is 2.86. The SMILES string of the molecule is CNC(=O)N1CC(F)CC1CO. The number of halogens is 1. The number of aliphatic hydroxyl groups is 1. The average molecular weight is 176 g/mol. The van der Waals surface area contributed by atoms with Crippen molar-refractivity contribution in [2.75, 3.05) is 20.2 Å². The Morgan fingerprint density at radius 2 is 2.50 bits per heavy atom. The van der Waals surface area contributed by atoms with Crippen molar-refractivity contribution in [3.8, 4) is 0 Å². The lowest BCUT2D eigenvalue weighted by molar-refractivity contribution is 0.158. The van der Waals surface area contributed by atoms with Gasteiger partial charge in [-0.15, -0.1) is 0 Å². The fourth-order valence-electron chi connectivity index (χ4n) is 1.42. The molecular formula is C7H13FN2O2. The lowest BCUT2D eigenvalue weighted by atomic mass is 10.2. The Balaban J connectivity index is 2.57. The van der Waals surface area contributed by atoms with E-state index in [2.05, 4.69) is 5.32 Å². The van der Waals surface area contributed by atoms with Crippen LogP contribution in [0.3, 0.4) is 0 Å². The van der Waals surface area contributed by atoms with Crippen molar-refractivity contribution >= 4 is 6.03 Å². The van der Waals surface area contributed by atoms with Crippen LogP contribution in [-0.2, 0) is 0 Å². The molecule has 1 aliphatic rings. The van der Waals surface area contributed by atoms with E-state index in [-0.39, 0.29) is 31.6 Å². The van der Waals surface area contributed by atoms with E-state index in [9.17, 15) is 9.18 Å². The summed E-state index contributed by atoms with van der Waals surface area (Å²) in [6, 6.07) is -0.686.